The Morgan fingerprint density at radius 1 is 0.952 bits per heavy atom. The summed E-state index contributed by atoms with van der Waals surface area (Å²) in [5, 5.41) is 5.57. The van der Waals surface area contributed by atoms with Crippen molar-refractivity contribution in [2.24, 2.45) is 0 Å². The number of para-hydroxylation sites is 3. The van der Waals surface area contributed by atoms with Gasteiger partial charge in [0.2, 0.25) is 0 Å². The number of carbonyl (C=O) groups is 1. The van der Waals surface area contributed by atoms with Crippen LogP contribution in [0.25, 0.3) is 0 Å². The molecule has 0 bridgehead atoms. The number of carbonyl (C=O) groups excluding carboxylic acids is 1. The summed E-state index contributed by atoms with van der Waals surface area (Å²) in [4.78, 5) is 12.1. The Morgan fingerprint density at radius 3 is 2.29 bits per heavy atom. The molecule has 2 aromatic rings. The molecule has 2 N–H and O–H groups in total. The van der Waals surface area contributed by atoms with Crippen LogP contribution < -0.4 is 15.4 Å². The molecule has 0 fully saturated rings. The first-order chi connectivity index (χ1) is 10.2. The number of nitrogens with one attached hydrogen (secondary N) is 2. The summed E-state index contributed by atoms with van der Waals surface area (Å²) in [6.07, 6.45) is 0. The summed E-state index contributed by atoms with van der Waals surface area (Å²) >= 11 is 0. The zero-order valence-corrected chi connectivity index (χ0v) is 12.1. The molecule has 0 aliphatic rings. The van der Waals surface area contributed by atoms with Crippen molar-refractivity contribution in [1.29, 1.82) is 0 Å². The van der Waals surface area contributed by atoms with Crippen LogP contribution >= 0.6 is 0 Å². The van der Waals surface area contributed by atoms with E-state index in [9.17, 15) is 4.79 Å². The van der Waals surface area contributed by atoms with Crippen molar-refractivity contribution in [3.63, 3.8) is 0 Å². The van der Waals surface area contributed by atoms with Gasteiger partial charge in [-0.05, 0) is 18.2 Å². The van der Waals surface area contributed by atoms with Crippen molar-refractivity contribution in [3.05, 3.63) is 54.1 Å². The molecule has 5 nitrogen and oxygen atoms in total. The second kappa shape index (κ2) is 7.31. The predicted molar refractivity (Wildman–Crippen MR) is 82.8 cm³/mol. The molecule has 0 atom stereocenters. The molecule has 110 valence electrons. The van der Waals surface area contributed by atoms with Gasteiger partial charge in [0.1, 0.15) is 5.75 Å². The van der Waals surface area contributed by atoms with Gasteiger partial charge in [0, 0.05) is 18.4 Å². The van der Waals surface area contributed by atoms with Crippen molar-refractivity contribution < 1.29 is 14.3 Å². The summed E-state index contributed by atoms with van der Waals surface area (Å²) in [6, 6.07) is 14.4. The van der Waals surface area contributed by atoms with E-state index in [-0.39, 0.29) is 6.03 Å². The van der Waals surface area contributed by atoms with E-state index >= 15 is 0 Å². The third-order valence-corrected chi connectivity index (χ3v) is 2.92. The largest absolute Gasteiger partial charge is 0.495 e. The third kappa shape index (κ3) is 3.97. The lowest BCUT2D eigenvalue weighted by molar-refractivity contribution is 0.185. The van der Waals surface area contributed by atoms with E-state index in [0.717, 1.165) is 5.56 Å². The molecule has 0 aliphatic heterocycles. The predicted octanol–water partition coefficient (Wildman–Crippen LogP) is 3.49. The van der Waals surface area contributed by atoms with E-state index in [1.165, 1.54) is 0 Å². The number of amides is 2. The molecule has 0 unspecified atom stereocenters. The summed E-state index contributed by atoms with van der Waals surface area (Å²) in [5.74, 6) is 0.609. The van der Waals surface area contributed by atoms with Gasteiger partial charge in [0.05, 0.1) is 19.4 Å². The number of rotatable bonds is 5. The first kappa shape index (κ1) is 14.9. The molecule has 21 heavy (non-hydrogen) atoms. The molecule has 0 aromatic heterocycles. The van der Waals surface area contributed by atoms with Crippen LogP contribution in [0.2, 0.25) is 0 Å². The van der Waals surface area contributed by atoms with E-state index < -0.39 is 0 Å². The molecule has 0 radical (unpaired) electrons. The van der Waals surface area contributed by atoms with Gasteiger partial charge in [0.25, 0.3) is 0 Å². The summed E-state index contributed by atoms with van der Waals surface area (Å²) < 4.78 is 10.3. The Bertz CT molecular complexity index is 614. The first-order valence-electron chi connectivity index (χ1n) is 6.52. The molecular formula is C16H18N2O3. The van der Waals surface area contributed by atoms with Crippen LogP contribution in [0.3, 0.4) is 0 Å². The van der Waals surface area contributed by atoms with Gasteiger partial charge in [-0.15, -0.1) is 0 Å². The quantitative estimate of drug-likeness (QED) is 0.884. The van der Waals surface area contributed by atoms with Crippen molar-refractivity contribution in [2.45, 2.75) is 6.61 Å². The second-order valence-electron chi connectivity index (χ2n) is 4.37. The molecule has 0 spiro atoms. The number of ether oxygens (including phenoxy) is 2. The maximum absolute atomic E-state index is 12.1. The number of anilines is 2. The molecule has 0 aliphatic carbocycles. The van der Waals surface area contributed by atoms with Crippen LogP contribution in [0.15, 0.2) is 48.5 Å². The van der Waals surface area contributed by atoms with Crippen LogP contribution in [0, 0.1) is 0 Å². The number of urea groups is 1. The van der Waals surface area contributed by atoms with Crippen LogP contribution in [-0.2, 0) is 11.3 Å². The molecular weight excluding hydrogens is 268 g/mol. The average molecular weight is 286 g/mol. The van der Waals surface area contributed by atoms with Gasteiger partial charge in [-0.1, -0.05) is 30.3 Å². The zero-order valence-electron chi connectivity index (χ0n) is 12.1. The highest BCUT2D eigenvalue weighted by Crippen LogP contribution is 2.23. The lowest BCUT2D eigenvalue weighted by Gasteiger charge is -2.13. The average Bonchev–Trinajstić information content (AvgIpc) is 2.50. The number of benzene rings is 2. The Hall–Kier alpha value is -2.53. The normalized spacial score (nSPS) is 10.0. The Labute approximate surface area is 123 Å². The molecule has 2 rings (SSSR count). The van der Waals surface area contributed by atoms with Gasteiger partial charge in [-0.3, -0.25) is 0 Å². The van der Waals surface area contributed by atoms with Gasteiger partial charge in [0.15, 0.2) is 0 Å². The fourth-order valence-electron chi connectivity index (χ4n) is 1.95. The Morgan fingerprint density at radius 2 is 1.57 bits per heavy atom. The fraction of sp³-hybridized carbons (Fsp3) is 0.188. The summed E-state index contributed by atoms with van der Waals surface area (Å²) in [7, 11) is 3.18. The topological polar surface area (TPSA) is 59.6 Å². The Kier molecular flexibility index (Phi) is 5.17. The maximum atomic E-state index is 12.1. The van der Waals surface area contributed by atoms with Crippen LogP contribution in [0.5, 0.6) is 5.75 Å². The minimum Gasteiger partial charge on any atom is -0.495 e. The van der Waals surface area contributed by atoms with Crippen LogP contribution in [0.4, 0.5) is 16.2 Å². The van der Waals surface area contributed by atoms with Gasteiger partial charge in [-0.25, -0.2) is 4.79 Å². The number of methoxy groups -OCH3 is 2. The van der Waals surface area contributed by atoms with Gasteiger partial charge >= 0.3 is 6.03 Å². The fourth-order valence-corrected chi connectivity index (χ4v) is 1.95. The van der Waals surface area contributed by atoms with Gasteiger partial charge < -0.3 is 20.1 Å². The summed E-state index contributed by atoms with van der Waals surface area (Å²) in [6.45, 7) is 0.436. The van der Waals surface area contributed by atoms with Crippen molar-refractivity contribution in [3.8, 4) is 5.75 Å². The number of hydrogen-bond donors (Lipinski definition) is 2. The van der Waals surface area contributed by atoms with Crippen molar-refractivity contribution in [2.75, 3.05) is 24.9 Å². The van der Waals surface area contributed by atoms with Crippen LogP contribution in [0.1, 0.15) is 5.56 Å². The second-order valence-corrected chi connectivity index (χ2v) is 4.37. The molecule has 0 heterocycles. The highest BCUT2D eigenvalue weighted by atomic mass is 16.5. The van der Waals surface area contributed by atoms with Crippen molar-refractivity contribution in [1.82, 2.24) is 0 Å². The first-order valence-corrected chi connectivity index (χ1v) is 6.52. The Balaban J connectivity index is 2.08. The molecule has 5 heteroatoms. The van der Waals surface area contributed by atoms with Crippen molar-refractivity contribution >= 4 is 17.4 Å². The molecule has 2 amide bonds. The molecule has 0 saturated heterocycles. The standard InChI is InChI=1S/C16H18N2O3/c1-20-11-12-7-3-4-8-13(12)17-16(19)18-14-9-5-6-10-15(14)21-2/h3-10H,11H2,1-2H3,(H2,17,18,19). The third-order valence-electron chi connectivity index (χ3n) is 2.92. The SMILES string of the molecule is COCc1ccccc1NC(=O)Nc1ccccc1OC. The monoisotopic (exact) mass is 286 g/mol. The minimum atomic E-state index is -0.331. The van der Waals surface area contributed by atoms with E-state index in [0.29, 0.717) is 23.7 Å². The highest BCUT2D eigenvalue weighted by molar-refractivity contribution is 6.01. The van der Waals surface area contributed by atoms with E-state index in [1.54, 1.807) is 26.4 Å². The summed E-state index contributed by atoms with van der Waals surface area (Å²) in [5.41, 5.74) is 2.24. The lowest BCUT2D eigenvalue weighted by Crippen LogP contribution is -2.20. The lowest BCUT2D eigenvalue weighted by atomic mass is 10.2. The zero-order chi connectivity index (χ0) is 15.1. The van der Waals surface area contributed by atoms with Crippen LogP contribution in [-0.4, -0.2) is 20.3 Å². The van der Waals surface area contributed by atoms with E-state index in [2.05, 4.69) is 10.6 Å². The molecule has 0 saturated carbocycles. The van der Waals surface area contributed by atoms with E-state index in [1.807, 2.05) is 36.4 Å². The van der Waals surface area contributed by atoms with Gasteiger partial charge in [-0.2, -0.15) is 0 Å². The minimum absolute atomic E-state index is 0.331. The van der Waals surface area contributed by atoms with E-state index in [4.69, 9.17) is 9.47 Å². The highest BCUT2D eigenvalue weighted by Gasteiger charge is 2.09. The molecule has 2 aromatic carbocycles. The maximum Gasteiger partial charge on any atom is 0.323 e. The smallest absolute Gasteiger partial charge is 0.323 e. The number of hydrogen-bond acceptors (Lipinski definition) is 3.